The fourth-order valence-corrected chi connectivity index (χ4v) is 3.66. The quantitative estimate of drug-likeness (QED) is 0.794. The van der Waals surface area contributed by atoms with Gasteiger partial charge in [0.05, 0.1) is 0 Å². The minimum atomic E-state index is -0.629. The predicted molar refractivity (Wildman–Crippen MR) is 112 cm³/mol. The molecule has 2 aromatic carbocycles. The van der Waals surface area contributed by atoms with Crippen molar-refractivity contribution in [2.75, 3.05) is 25.0 Å². The SMILES string of the molecule is Cc1ccc(CN2CCN(CC(=O)Nc3c(C)cc(C)cc3C)C(=O)C2=O)cc1. The molecular formula is C23H27N3O3. The highest BCUT2D eigenvalue weighted by atomic mass is 16.2. The fourth-order valence-electron chi connectivity index (χ4n) is 3.66. The summed E-state index contributed by atoms with van der Waals surface area (Å²) in [5.74, 6) is -1.49. The monoisotopic (exact) mass is 393 g/mol. The standard InChI is InChI=1S/C23H27N3O3/c1-15-5-7-19(8-6-15)13-25-9-10-26(23(29)22(25)28)14-20(27)24-21-17(3)11-16(2)12-18(21)4/h5-8,11-12H,9-10,13-14H2,1-4H3,(H,24,27). The minimum Gasteiger partial charge on any atom is -0.328 e. The molecule has 1 heterocycles. The number of aryl methyl sites for hydroxylation is 4. The van der Waals surface area contributed by atoms with Gasteiger partial charge in [-0.1, -0.05) is 47.5 Å². The molecule has 1 saturated heterocycles. The van der Waals surface area contributed by atoms with Crippen molar-refractivity contribution in [2.45, 2.75) is 34.2 Å². The lowest BCUT2D eigenvalue weighted by molar-refractivity contribution is -0.157. The maximum absolute atomic E-state index is 12.5. The van der Waals surface area contributed by atoms with E-state index in [9.17, 15) is 14.4 Å². The Morgan fingerprint density at radius 2 is 1.41 bits per heavy atom. The molecule has 6 nitrogen and oxygen atoms in total. The maximum Gasteiger partial charge on any atom is 0.312 e. The molecule has 0 aromatic heterocycles. The average Bonchev–Trinajstić information content (AvgIpc) is 2.66. The van der Waals surface area contributed by atoms with E-state index in [4.69, 9.17) is 0 Å². The van der Waals surface area contributed by atoms with Crippen molar-refractivity contribution in [3.05, 3.63) is 64.2 Å². The Morgan fingerprint density at radius 1 is 0.862 bits per heavy atom. The Kier molecular flexibility index (Phi) is 6.01. The molecule has 0 spiro atoms. The number of rotatable bonds is 5. The molecule has 0 atom stereocenters. The van der Waals surface area contributed by atoms with Crippen LogP contribution in [0.2, 0.25) is 0 Å². The highest BCUT2D eigenvalue weighted by molar-refractivity contribution is 6.35. The normalized spacial score (nSPS) is 14.3. The van der Waals surface area contributed by atoms with Gasteiger partial charge >= 0.3 is 11.8 Å². The van der Waals surface area contributed by atoms with Crippen molar-refractivity contribution in [1.29, 1.82) is 0 Å². The van der Waals surface area contributed by atoms with Gasteiger partial charge in [-0.25, -0.2) is 0 Å². The van der Waals surface area contributed by atoms with E-state index in [1.807, 2.05) is 64.1 Å². The number of nitrogens with one attached hydrogen (secondary N) is 1. The second kappa shape index (κ2) is 8.47. The molecule has 3 rings (SSSR count). The van der Waals surface area contributed by atoms with Crippen LogP contribution in [0.5, 0.6) is 0 Å². The van der Waals surface area contributed by atoms with Gasteiger partial charge in [0.25, 0.3) is 0 Å². The van der Waals surface area contributed by atoms with Gasteiger partial charge in [0.1, 0.15) is 6.54 Å². The van der Waals surface area contributed by atoms with E-state index in [-0.39, 0.29) is 12.5 Å². The summed E-state index contributed by atoms with van der Waals surface area (Å²) in [6, 6.07) is 11.9. The van der Waals surface area contributed by atoms with Crippen LogP contribution in [-0.2, 0) is 20.9 Å². The molecule has 152 valence electrons. The molecule has 0 bridgehead atoms. The van der Waals surface area contributed by atoms with Gasteiger partial charge in [-0.05, 0) is 44.4 Å². The van der Waals surface area contributed by atoms with Crippen molar-refractivity contribution in [3.63, 3.8) is 0 Å². The zero-order chi connectivity index (χ0) is 21.1. The second-order valence-electron chi connectivity index (χ2n) is 7.76. The molecular weight excluding hydrogens is 366 g/mol. The third-order valence-corrected chi connectivity index (χ3v) is 5.17. The molecule has 3 amide bonds. The van der Waals surface area contributed by atoms with Gasteiger partial charge in [0.15, 0.2) is 0 Å². The molecule has 2 aromatic rings. The van der Waals surface area contributed by atoms with Crippen molar-refractivity contribution >= 4 is 23.4 Å². The van der Waals surface area contributed by atoms with Crippen LogP contribution >= 0.6 is 0 Å². The van der Waals surface area contributed by atoms with Crippen molar-refractivity contribution in [3.8, 4) is 0 Å². The first-order chi connectivity index (χ1) is 13.7. The topological polar surface area (TPSA) is 69.7 Å². The highest BCUT2D eigenvalue weighted by Crippen LogP contribution is 2.22. The summed E-state index contributed by atoms with van der Waals surface area (Å²) < 4.78 is 0. The van der Waals surface area contributed by atoms with E-state index < -0.39 is 11.8 Å². The van der Waals surface area contributed by atoms with Gasteiger partial charge in [-0.15, -0.1) is 0 Å². The number of amides is 3. The number of piperazine rings is 1. The predicted octanol–water partition coefficient (Wildman–Crippen LogP) is 2.73. The highest BCUT2D eigenvalue weighted by Gasteiger charge is 2.33. The molecule has 0 unspecified atom stereocenters. The lowest BCUT2D eigenvalue weighted by Gasteiger charge is -2.33. The smallest absolute Gasteiger partial charge is 0.312 e. The summed E-state index contributed by atoms with van der Waals surface area (Å²) in [7, 11) is 0. The molecule has 29 heavy (non-hydrogen) atoms. The largest absolute Gasteiger partial charge is 0.328 e. The Balaban J connectivity index is 1.60. The van der Waals surface area contributed by atoms with Gasteiger partial charge in [-0.2, -0.15) is 0 Å². The summed E-state index contributed by atoms with van der Waals surface area (Å²) in [6.45, 7) is 8.91. The number of nitrogens with zero attached hydrogens (tertiary/aromatic N) is 2. The first-order valence-electron chi connectivity index (χ1n) is 9.76. The molecule has 1 aliphatic heterocycles. The lowest BCUT2D eigenvalue weighted by atomic mass is 10.1. The van der Waals surface area contributed by atoms with Crippen molar-refractivity contribution < 1.29 is 14.4 Å². The third-order valence-electron chi connectivity index (χ3n) is 5.17. The first kappa shape index (κ1) is 20.6. The first-order valence-corrected chi connectivity index (χ1v) is 9.76. The molecule has 1 N–H and O–H groups in total. The molecule has 1 fully saturated rings. The van der Waals surface area contributed by atoms with Crippen LogP contribution in [0.1, 0.15) is 27.8 Å². The second-order valence-corrected chi connectivity index (χ2v) is 7.76. The number of benzene rings is 2. The average molecular weight is 393 g/mol. The molecule has 1 aliphatic rings. The summed E-state index contributed by atoms with van der Waals surface area (Å²) in [5.41, 5.74) is 5.96. The van der Waals surface area contributed by atoms with Crippen LogP contribution in [0.25, 0.3) is 0 Å². The zero-order valence-corrected chi connectivity index (χ0v) is 17.4. The molecule has 0 aliphatic carbocycles. The Bertz CT molecular complexity index is 927. The van der Waals surface area contributed by atoms with E-state index in [1.165, 1.54) is 9.80 Å². The van der Waals surface area contributed by atoms with E-state index in [0.29, 0.717) is 19.6 Å². The van der Waals surface area contributed by atoms with E-state index in [0.717, 1.165) is 33.5 Å². The Labute approximate surface area is 171 Å². The summed E-state index contributed by atoms with van der Waals surface area (Å²) >= 11 is 0. The summed E-state index contributed by atoms with van der Waals surface area (Å²) in [6.07, 6.45) is 0. The van der Waals surface area contributed by atoms with Crippen LogP contribution in [0.3, 0.4) is 0 Å². The molecule has 0 saturated carbocycles. The van der Waals surface area contributed by atoms with Gasteiger partial charge in [-0.3, -0.25) is 14.4 Å². The fraction of sp³-hybridized carbons (Fsp3) is 0.348. The van der Waals surface area contributed by atoms with Crippen LogP contribution < -0.4 is 5.32 Å². The van der Waals surface area contributed by atoms with Crippen LogP contribution in [0.4, 0.5) is 5.69 Å². The van der Waals surface area contributed by atoms with Gasteiger partial charge < -0.3 is 15.1 Å². The molecule has 6 heteroatoms. The third kappa shape index (κ3) is 4.83. The Hall–Kier alpha value is -3.15. The van der Waals surface area contributed by atoms with E-state index in [1.54, 1.807) is 0 Å². The van der Waals surface area contributed by atoms with Crippen LogP contribution in [0.15, 0.2) is 36.4 Å². The van der Waals surface area contributed by atoms with Crippen LogP contribution in [0, 0.1) is 27.7 Å². The number of carbonyl (C=O) groups excluding carboxylic acids is 3. The Morgan fingerprint density at radius 3 is 2.03 bits per heavy atom. The van der Waals surface area contributed by atoms with E-state index in [2.05, 4.69) is 5.32 Å². The van der Waals surface area contributed by atoms with E-state index >= 15 is 0 Å². The van der Waals surface area contributed by atoms with Gasteiger partial charge in [0.2, 0.25) is 5.91 Å². The lowest BCUT2D eigenvalue weighted by Crippen LogP contribution is -2.55. The summed E-state index contributed by atoms with van der Waals surface area (Å²) in [5, 5.41) is 2.89. The van der Waals surface area contributed by atoms with Crippen LogP contribution in [-0.4, -0.2) is 47.2 Å². The van der Waals surface area contributed by atoms with Crippen molar-refractivity contribution in [2.24, 2.45) is 0 Å². The number of anilines is 1. The molecule has 0 radical (unpaired) electrons. The van der Waals surface area contributed by atoms with Gasteiger partial charge in [0, 0.05) is 25.3 Å². The minimum absolute atomic E-state index is 0.129. The van der Waals surface area contributed by atoms with Crippen molar-refractivity contribution in [1.82, 2.24) is 9.80 Å². The number of hydrogen-bond acceptors (Lipinski definition) is 3. The zero-order valence-electron chi connectivity index (χ0n) is 17.4. The summed E-state index contributed by atoms with van der Waals surface area (Å²) in [4.78, 5) is 40.4. The number of carbonyl (C=O) groups is 3. The maximum atomic E-state index is 12.5. The number of hydrogen-bond donors (Lipinski definition) is 1.